The predicted octanol–water partition coefficient (Wildman–Crippen LogP) is 2.35. The minimum atomic E-state index is -3.26. The van der Waals surface area contributed by atoms with Gasteiger partial charge in [-0.1, -0.05) is 11.6 Å². The molecule has 0 radical (unpaired) electrons. The van der Waals surface area contributed by atoms with Crippen LogP contribution in [0.4, 0.5) is 14.5 Å². The number of halogens is 2. The molecule has 1 amide bonds. The van der Waals surface area contributed by atoms with Crippen LogP contribution in [0.25, 0.3) is 5.76 Å². The van der Waals surface area contributed by atoms with Crippen molar-refractivity contribution >= 4 is 28.9 Å². The maximum atomic E-state index is 14.1. The van der Waals surface area contributed by atoms with Crippen LogP contribution in [0.5, 0.6) is 5.75 Å². The number of rotatable bonds is 9. The van der Waals surface area contributed by atoms with Crippen molar-refractivity contribution in [2.75, 3.05) is 39.6 Å². The zero-order chi connectivity index (χ0) is 34.7. The van der Waals surface area contributed by atoms with E-state index in [4.69, 9.17) is 5.73 Å². The SMILES string of the molecule is CN(C)c1cc(CNCC2=CC=C(OC(C)(F)F)CC2)c(O)c2c1C[C@H]1C[C@H]3[C@H](N(C)C)C(=O)C(C(N)=O)=C(O)[C@@]3(O)C(=O)C1=C2O. The van der Waals surface area contributed by atoms with Crippen LogP contribution in [-0.4, -0.2) is 95.3 Å². The first-order valence-corrected chi connectivity index (χ1v) is 15.2. The number of ketones is 2. The number of Topliss-reactive ketones (excluding diaryl/α,β-unsaturated/α-hetero) is 2. The third-order valence-electron chi connectivity index (χ3n) is 9.43. The van der Waals surface area contributed by atoms with Crippen molar-refractivity contribution in [3.63, 3.8) is 0 Å². The van der Waals surface area contributed by atoms with Gasteiger partial charge in [0.2, 0.25) is 5.78 Å². The largest absolute Gasteiger partial charge is 0.508 e. The summed E-state index contributed by atoms with van der Waals surface area (Å²) in [5, 5.41) is 49.2. The molecule has 7 N–H and O–H groups in total. The molecule has 1 fully saturated rings. The third kappa shape index (κ3) is 5.78. The lowest BCUT2D eigenvalue weighted by molar-refractivity contribution is -0.199. The molecule has 14 heteroatoms. The first-order valence-electron chi connectivity index (χ1n) is 15.2. The van der Waals surface area contributed by atoms with E-state index in [1.54, 1.807) is 45.2 Å². The number of nitrogens with two attached hydrogens (primary N) is 1. The Morgan fingerprint density at radius 3 is 2.36 bits per heavy atom. The average Bonchev–Trinajstić information content (AvgIpc) is 2.95. The Labute approximate surface area is 270 Å². The fourth-order valence-electron chi connectivity index (χ4n) is 7.36. The number of hydrogen-bond acceptors (Lipinski definition) is 11. The van der Waals surface area contributed by atoms with E-state index >= 15 is 0 Å². The van der Waals surface area contributed by atoms with Gasteiger partial charge in [-0.25, -0.2) is 0 Å². The van der Waals surface area contributed by atoms with Crippen LogP contribution < -0.4 is 16.0 Å². The number of ether oxygens (including phenoxy) is 1. The lowest BCUT2D eigenvalue weighted by Gasteiger charge is -2.50. The van der Waals surface area contributed by atoms with Gasteiger partial charge in [0.15, 0.2) is 11.4 Å². The van der Waals surface area contributed by atoms with Gasteiger partial charge in [-0.2, -0.15) is 8.78 Å². The number of primary amides is 1. The second kappa shape index (κ2) is 12.1. The number of fused-ring (bicyclic) bond motifs is 3. The number of likely N-dealkylation sites (N-methyl/N-ethyl adjacent to an activating group) is 1. The number of nitrogens with zero attached hydrogens (tertiary/aromatic N) is 2. The summed E-state index contributed by atoms with van der Waals surface area (Å²) >= 11 is 0. The van der Waals surface area contributed by atoms with E-state index in [1.807, 2.05) is 0 Å². The lowest BCUT2D eigenvalue weighted by atomic mass is 9.57. The fourth-order valence-corrected chi connectivity index (χ4v) is 7.36. The van der Waals surface area contributed by atoms with Gasteiger partial charge in [-0.05, 0) is 57.0 Å². The highest BCUT2D eigenvalue weighted by Crippen LogP contribution is 2.54. The Balaban J connectivity index is 1.51. The number of amides is 1. The van der Waals surface area contributed by atoms with E-state index in [-0.39, 0.29) is 42.0 Å². The summed E-state index contributed by atoms with van der Waals surface area (Å²) < 4.78 is 31.0. The molecular weight excluding hydrogens is 618 g/mol. The van der Waals surface area contributed by atoms with Crippen molar-refractivity contribution in [2.24, 2.45) is 17.6 Å². The molecule has 0 bridgehead atoms. The minimum absolute atomic E-state index is 0.00505. The Morgan fingerprint density at radius 2 is 1.81 bits per heavy atom. The van der Waals surface area contributed by atoms with Crippen molar-refractivity contribution in [3.8, 4) is 5.75 Å². The average molecular weight is 659 g/mol. The molecule has 5 rings (SSSR count). The molecule has 4 atom stereocenters. The van der Waals surface area contributed by atoms with E-state index in [1.165, 1.54) is 11.0 Å². The molecule has 0 aromatic heterocycles. The van der Waals surface area contributed by atoms with E-state index in [9.17, 15) is 43.6 Å². The zero-order valence-electron chi connectivity index (χ0n) is 26.9. The van der Waals surface area contributed by atoms with Crippen molar-refractivity contribution in [1.82, 2.24) is 10.2 Å². The van der Waals surface area contributed by atoms with Crippen molar-refractivity contribution in [3.05, 3.63) is 63.1 Å². The van der Waals surface area contributed by atoms with Crippen LogP contribution in [0.15, 0.2) is 46.5 Å². The van der Waals surface area contributed by atoms with E-state index < -0.39 is 64.2 Å². The number of allylic oxidation sites excluding steroid dienone is 3. The summed E-state index contributed by atoms with van der Waals surface area (Å²) in [7, 11) is 6.68. The summed E-state index contributed by atoms with van der Waals surface area (Å²) in [5.41, 5.74) is 4.14. The summed E-state index contributed by atoms with van der Waals surface area (Å²) in [5.74, 6) is -6.84. The Morgan fingerprint density at radius 1 is 1.13 bits per heavy atom. The highest BCUT2D eigenvalue weighted by molar-refractivity contribution is 6.24. The molecule has 0 saturated heterocycles. The number of carbonyl (C=O) groups excluding carboxylic acids is 3. The van der Waals surface area contributed by atoms with E-state index in [0.717, 1.165) is 5.57 Å². The number of aliphatic hydroxyl groups is 3. The van der Waals surface area contributed by atoms with Crippen LogP contribution in [0.1, 0.15) is 42.9 Å². The molecular formula is C33H40F2N4O8. The monoisotopic (exact) mass is 658 g/mol. The first kappa shape index (κ1) is 34.1. The second-order valence-electron chi connectivity index (χ2n) is 13.1. The number of alkyl halides is 2. The van der Waals surface area contributed by atoms with E-state index in [0.29, 0.717) is 43.1 Å². The van der Waals surface area contributed by atoms with Crippen LogP contribution in [0.2, 0.25) is 0 Å². The highest BCUT2D eigenvalue weighted by atomic mass is 19.3. The second-order valence-corrected chi connectivity index (χ2v) is 13.1. The fraction of sp³-hybridized carbons (Fsp3) is 0.485. The molecule has 0 unspecified atom stereocenters. The Hall–Kier alpha value is -4.27. The number of hydrogen-bond donors (Lipinski definition) is 6. The number of phenolic OH excluding ortho intramolecular Hbond substituents is 1. The van der Waals surface area contributed by atoms with Crippen LogP contribution in [-0.2, 0) is 32.1 Å². The van der Waals surface area contributed by atoms with Gasteiger partial charge in [-0.15, -0.1) is 0 Å². The van der Waals surface area contributed by atoms with Crippen molar-refractivity contribution in [2.45, 2.75) is 56.9 Å². The first-order chi connectivity index (χ1) is 21.9. The Kier molecular flexibility index (Phi) is 8.75. The Bertz CT molecular complexity index is 1670. The maximum absolute atomic E-state index is 14.1. The normalized spacial score (nSPS) is 26.0. The number of benzene rings is 1. The summed E-state index contributed by atoms with van der Waals surface area (Å²) in [4.78, 5) is 42.9. The van der Waals surface area contributed by atoms with Gasteiger partial charge >= 0.3 is 6.11 Å². The van der Waals surface area contributed by atoms with Gasteiger partial charge < -0.3 is 41.1 Å². The highest BCUT2D eigenvalue weighted by Gasteiger charge is 2.64. The topological polar surface area (TPSA) is 186 Å². The molecule has 12 nitrogen and oxygen atoms in total. The standard InChI is InChI=1S/C33H40F2N4O8/c1-32(34,35)47-18-8-6-15(7-9-18)13-37-14-17-12-21(38(2)3)19-10-16-11-20-25(39(4)5)28(42)24(31(36)45)30(44)33(20,46)29(43)22(16)27(41)23(19)26(17)40/h6,8,12,16,20,25,37,40-41,44,46H,7,9-11,13-14H2,1-5H3,(H2,36,45)/t16-,20-,25-,33-/m0/s1. The molecule has 1 aromatic carbocycles. The number of nitrogens with one attached hydrogen (secondary N) is 1. The van der Waals surface area contributed by atoms with Gasteiger partial charge in [0, 0.05) is 63.3 Å². The third-order valence-corrected chi connectivity index (χ3v) is 9.43. The zero-order valence-corrected chi connectivity index (χ0v) is 26.9. The molecule has 1 saturated carbocycles. The summed E-state index contributed by atoms with van der Waals surface area (Å²) in [6.07, 6.45) is 0.906. The number of aromatic hydroxyl groups is 1. The summed E-state index contributed by atoms with van der Waals surface area (Å²) in [6.45, 7) is 1.20. The molecule has 4 aliphatic rings. The number of aliphatic hydroxyl groups excluding tert-OH is 2. The number of anilines is 1. The van der Waals surface area contributed by atoms with Crippen LogP contribution >= 0.6 is 0 Å². The van der Waals surface area contributed by atoms with Crippen LogP contribution in [0.3, 0.4) is 0 Å². The van der Waals surface area contributed by atoms with E-state index in [2.05, 4.69) is 10.1 Å². The van der Waals surface area contributed by atoms with Crippen LogP contribution in [0, 0.1) is 11.8 Å². The van der Waals surface area contributed by atoms with Gasteiger partial charge in [-0.3, -0.25) is 19.3 Å². The molecule has 0 spiro atoms. The van der Waals surface area contributed by atoms with Crippen molar-refractivity contribution in [1.29, 1.82) is 0 Å². The minimum Gasteiger partial charge on any atom is -0.508 e. The maximum Gasteiger partial charge on any atom is 0.394 e. The van der Waals surface area contributed by atoms with Gasteiger partial charge in [0.25, 0.3) is 5.91 Å². The lowest BCUT2D eigenvalue weighted by Crippen LogP contribution is -2.65. The number of phenols is 1. The number of carbonyl (C=O) groups is 3. The molecule has 4 aliphatic carbocycles. The quantitative estimate of drug-likeness (QED) is 0.214. The van der Waals surface area contributed by atoms with Gasteiger partial charge in [0.1, 0.15) is 28.6 Å². The predicted molar refractivity (Wildman–Crippen MR) is 167 cm³/mol. The van der Waals surface area contributed by atoms with Crippen molar-refractivity contribution < 1.29 is 48.3 Å². The smallest absolute Gasteiger partial charge is 0.394 e. The molecule has 1 aromatic rings. The molecule has 0 aliphatic heterocycles. The molecule has 0 heterocycles. The summed E-state index contributed by atoms with van der Waals surface area (Å²) in [6, 6.07) is 0.606. The molecule has 254 valence electrons. The van der Waals surface area contributed by atoms with Gasteiger partial charge in [0.05, 0.1) is 11.6 Å². The molecule has 47 heavy (non-hydrogen) atoms.